The number of esters is 2. The molecule has 1 aromatic rings. The highest BCUT2D eigenvalue weighted by atomic mass is 16.5. The van der Waals surface area contributed by atoms with Gasteiger partial charge in [-0.05, 0) is 19.4 Å². The van der Waals surface area contributed by atoms with Crippen LogP contribution in [0, 0.1) is 11.8 Å². The third-order valence-electron chi connectivity index (χ3n) is 3.05. The summed E-state index contributed by atoms with van der Waals surface area (Å²) in [6.07, 6.45) is 3.52. The molecular formula is C17H22O4. The molecule has 0 aliphatic rings. The van der Waals surface area contributed by atoms with Gasteiger partial charge in [-0.25, -0.2) is 0 Å². The minimum Gasteiger partial charge on any atom is -0.466 e. The summed E-state index contributed by atoms with van der Waals surface area (Å²) in [5.74, 6) is -2.04. The largest absolute Gasteiger partial charge is 0.466 e. The van der Waals surface area contributed by atoms with Crippen molar-refractivity contribution in [2.45, 2.75) is 20.8 Å². The molecule has 0 radical (unpaired) electrons. The molecule has 0 aliphatic carbocycles. The number of hydrogen-bond donors (Lipinski definition) is 0. The highest BCUT2D eigenvalue weighted by molar-refractivity contribution is 5.84. The van der Waals surface area contributed by atoms with Crippen LogP contribution < -0.4 is 0 Å². The van der Waals surface area contributed by atoms with Gasteiger partial charge in [-0.1, -0.05) is 49.4 Å². The third-order valence-corrected chi connectivity index (χ3v) is 3.05. The molecule has 2 unspecified atom stereocenters. The van der Waals surface area contributed by atoms with Gasteiger partial charge < -0.3 is 9.47 Å². The number of carbonyl (C=O) groups is 2. The van der Waals surface area contributed by atoms with E-state index in [0.717, 1.165) is 5.56 Å². The molecule has 0 spiro atoms. The average Bonchev–Trinajstić information content (AvgIpc) is 2.49. The molecule has 2 atom stereocenters. The summed E-state index contributed by atoms with van der Waals surface area (Å²) in [7, 11) is 0. The lowest BCUT2D eigenvalue weighted by molar-refractivity contribution is -0.157. The normalized spacial score (nSPS) is 13.7. The van der Waals surface area contributed by atoms with Crippen LogP contribution in [0.4, 0.5) is 0 Å². The van der Waals surface area contributed by atoms with E-state index in [1.54, 1.807) is 26.8 Å². The number of carbonyl (C=O) groups excluding carboxylic acids is 2. The molecule has 21 heavy (non-hydrogen) atoms. The number of ether oxygens (including phenoxy) is 2. The van der Waals surface area contributed by atoms with E-state index >= 15 is 0 Å². The van der Waals surface area contributed by atoms with Crippen molar-refractivity contribution < 1.29 is 19.1 Å². The van der Waals surface area contributed by atoms with Crippen LogP contribution in [-0.2, 0) is 19.1 Å². The van der Waals surface area contributed by atoms with E-state index in [-0.39, 0.29) is 6.61 Å². The molecule has 1 rings (SSSR count). The van der Waals surface area contributed by atoms with Crippen molar-refractivity contribution in [2.24, 2.45) is 11.8 Å². The molecule has 0 saturated heterocycles. The van der Waals surface area contributed by atoms with Crippen LogP contribution >= 0.6 is 0 Å². The number of rotatable bonds is 7. The summed E-state index contributed by atoms with van der Waals surface area (Å²) in [5, 5.41) is 0. The molecular weight excluding hydrogens is 268 g/mol. The van der Waals surface area contributed by atoms with E-state index in [4.69, 9.17) is 9.47 Å². The highest BCUT2D eigenvalue weighted by Gasteiger charge is 2.30. The summed E-state index contributed by atoms with van der Waals surface area (Å²) >= 11 is 0. The van der Waals surface area contributed by atoms with Gasteiger partial charge in [-0.3, -0.25) is 9.59 Å². The Morgan fingerprint density at radius 3 is 2.19 bits per heavy atom. The van der Waals surface area contributed by atoms with E-state index < -0.39 is 23.8 Å². The molecule has 4 nitrogen and oxygen atoms in total. The van der Waals surface area contributed by atoms with E-state index in [1.807, 2.05) is 36.4 Å². The maximum atomic E-state index is 12.0. The lowest BCUT2D eigenvalue weighted by atomic mass is 9.93. The van der Waals surface area contributed by atoms with Gasteiger partial charge in [0.05, 0.1) is 25.0 Å². The maximum Gasteiger partial charge on any atom is 0.313 e. The first-order chi connectivity index (χ1) is 10.1. The molecule has 0 aliphatic heterocycles. The summed E-state index contributed by atoms with van der Waals surface area (Å²) in [4.78, 5) is 23.9. The van der Waals surface area contributed by atoms with Crippen molar-refractivity contribution in [3.8, 4) is 0 Å². The van der Waals surface area contributed by atoms with Crippen molar-refractivity contribution in [1.29, 1.82) is 0 Å². The van der Waals surface area contributed by atoms with Crippen LogP contribution in [-0.4, -0.2) is 25.2 Å². The molecule has 0 fully saturated rings. The zero-order valence-electron chi connectivity index (χ0n) is 12.7. The Bertz CT molecular complexity index is 479. The van der Waals surface area contributed by atoms with Gasteiger partial charge in [0.2, 0.25) is 0 Å². The Balaban J connectivity index is 2.89. The Morgan fingerprint density at radius 1 is 1.05 bits per heavy atom. The van der Waals surface area contributed by atoms with Gasteiger partial charge in [-0.2, -0.15) is 0 Å². The maximum absolute atomic E-state index is 12.0. The molecule has 0 aromatic heterocycles. The fourth-order valence-corrected chi connectivity index (χ4v) is 1.89. The molecule has 0 bridgehead atoms. The van der Waals surface area contributed by atoms with E-state index in [9.17, 15) is 9.59 Å². The average molecular weight is 290 g/mol. The molecule has 1 aromatic carbocycles. The fourth-order valence-electron chi connectivity index (χ4n) is 1.89. The first kappa shape index (κ1) is 17.0. The standard InChI is InChI=1S/C17H22O4/c1-4-20-16(18)13(3)15(17(19)21-5-2)12-11-14-9-7-6-8-10-14/h6-13,15H,4-5H2,1-3H3/b12-11+. The summed E-state index contributed by atoms with van der Waals surface area (Å²) in [6.45, 7) is 5.73. The molecule has 114 valence electrons. The summed E-state index contributed by atoms with van der Waals surface area (Å²) in [5.41, 5.74) is 0.961. The Hall–Kier alpha value is -2.10. The molecule has 0 heterocycles. The molecule has 0 saturated carbocycles. The van der Waals surface area contributed by atoms with Gasteiger partial charge >= 0.3 is 11.9 Å². The monoisotopic (exact) mass is 290 g/mol. The molecule has 0 N–H and O–H groups in total. The van der Waals surface area contributed by atoms with Crippen molar-refractivity contribution in [3.63, 3.8) is 0 Å². The second-order valence-corrected chi connectivity index (χ2v) is 4.59. The van der Waals surface area contributed by atoms with Crippen LogP contribution in [0.2, 0.25) is 0 Å². The lowest BCUT2D eigenvalue weighted by Gasteiger charge is -2.18. The highest BCUT2D eigenvalue weighted by Crippen LogP contribution is 2.19. The van der Waals surface area contributed by atoms with Crippen LogP contribution in [0.1, 0.15) is 26.3 Å². The predicted octanol–water partition coefficient (Wildman–Crippen LogP) is 3.08. The minimum absolute atomic E-state index is 0.282. The van der Waals surface area contributed by atoms with Gasteiger partial charge in [-0.15, -0.1) is 0 Å². The zero-order chi connectivity index (χ0) is 15.7. The van der Waals surface area contributed by atoms with E-state index in [0.29, 0.717) is 6.61 Å². The Labute approximate surface area is 125 Å². The first-order valence-corrected chi connectivity index (χ1v) is 7.16. The second kappa shape index (κ2) is 8.95. The summed E-state index contributed by atoms with van der Waals surface area (Å²) in [6, 6.07) is 9.59. The van der Waals surface area contributed by atoms with Crippen molar-refractivity contribution >= 4 is 18.0 Å². The quantitative estimate of drug-likeness (QED) is 0.724. The summed E-state index contributed by atoms with van der Waals surface area (Å²) < 4.78 is 10.0. The molecule has 4 heteroatoms. The third kappa shape index (κ3) is 5.42. The Morgan fingerprint density at radius 2 is 1.62 bits per heavy atom. The Kier molecular flexibility index (Phi) is 7.23. The van der Waals surface area contributed by atoms with Crippen LogP contribution in [0.3, 0.4) is 0 Å². The van der Waals surface area contributed by atoms with Crippen molar-refractivity contribution in [1.82, 2.24) is 0 Å². The first-order valence-electron chi connectivity index (χ1n) is 7.16. The van der Waals surface area contributed by atoms with E-state index in [2.05, 4.69) is 0 Å². The van der Waals surface area contributed by atoms with Crippen molar-refractivity contribution in [3.05, 3.63) is 42.0 Å². The van der Waals surface area contributed by atoms with Crippen molar-refractivity contribution in [2.75, 3.05) is 13.2 Å². The topological polar surface area (TPSA) is 52.6 Å². The van der Waals surface area contributed by atoms with Crippen LogP contribution in [0.25, 0.3) is 6.08 Å². The van der Waals surface area contributed by atoms with Gasteiger partial charge in [0.15, 0.2) is 0 Å². The predicted molar refractivity (Wildman–Crippen MR) is 81.4 cm³/mol. The van der Waals surface area contributed by atoms with Gasteiger partial charge in [0.1, 0.15) is 0 Å². The smallest absolute Gasteiger partial charge is 0.313 e. The zero-order valence-corrected chi connectivity index (χ0v) is 12.7. The van der Waals surface area contributed by atoms with Gasteiger partial charge in [0, 0.05) is 0 Å². The number of hydrogen-bond acceptors (Lipinski definition) is 4. The minimum atomic E-state index is -0.649. The van der Waals surface area contributed by atoms with Gasteiger partial charge in [0.25, 0.3) is 0 Å². The van der Waals surface area contributed by atoms with Crippen LogP contribution in [0.15, 0.2) is 36.4 Å². The second-order valence-electron chi connectivity index (χ2n) is 4.59. The van der Waals surface area contributed by atoms with E-state index in [1.165, 1.54) is 0 Å². The SMILES string of the molecule is CCOC(=O)C(C)C(/C=C/c1ccccc1)C(=O)OCC. The fraction of sp³-hybridized carbons (Fsp3) is 0.412. The number of benzene rings is 1. The molecule has 0 amide bonds. The van der Waals surface area contributed by atoms with Crippen LogP contribution in [0.5, 0.6) is 0 Å². The lowest BCUT2D eigenvalue weighted by Crippen LogP contribution is -2.29.